The van der Waals surface area contributed by atoms with Crippen LogP contribution in [0.1, 0.15) is 0 Å². The van der Waals surface area contributed by atoms with E-state index >= 15 is 0 Å². The Labute approximate surface area is 159 Å². The van der Waals surface area contributed by atoms with E-state index in [4.69, 9.17) is 21.4 Å². The van der Waals surface area contributed by atoms with Crippen LogP contribution in [0.25, 0.3) is 22.2 Å². The van der Waals surface area contributed by atoms with Gasteiger partial charge in [0.15, 0.2) is 5.82 Å². The number of nitrogens with zero attached hydrogens (tertiary/aromatic N) is 4. The van der Waals surface area contributed by atoms with Crippen LogP contribution < -0.4 is 10.2 Å². The molecule has 0 unspecified atom stereocenters. The first-order valence-electron chi connectivity index (χ1n) is 8.36. The average molecular weight is 386 g/mol. The van der Waals surface area contributed by atoms with Gasteiger partial charge in [-0.15, -0.1) is 0 Å². The summed E-state index contributed by atoms with van der Waals surface area (Å²) in [5.41, 5.74) is 3.41. The van der Waals surface area contributed by atoms with Crippen molar-refractivity contribution in [3.8, 4) is 11.1 Å². The fourth-order valence-electron chi connectivity index (χ4n) is 3.03. The molecule has 0 aliphatic carbocycles. The van der Waals surface area contributed by atoms with Crippen LogP contribution in [0.15, 0.2) is 36.5 Å². The van der Waals surface area contributed by atoms with Crippen molar-refractivity contribution in [2.45, 2.75) is 0 Å². The minimum atomic E-state index is -1.11. The molecule has 0 radical (unpaired) electrons. The number of rotatable bonds is 3. The lowest BCUT2D eigenvalue weighted by Gasteiger charge is -2.28. The van der Waals surface area contributed by atoms with Gasteiger partial charge in [0, 0.05) is 30.5 Å². The van der Waals surface area contributed by atoms with Gasteiger partial charge in [-0.25, -0.2) is 9.78 Å². The maximum atomic E-state index is 10.8. The molecular formula is C18H16ClN5O3. The first-order chi connectivity index (χ1) is 13.1. The van der Waals surface area contributed by atoms with E-state index in [0.29, 0.717) is 35.8 Å². The molecule has 1 aromatic carbocycles. The van der Waals surface area contributed by atoms with E-state index in [1.807, 2.05) is 12.1 Å². The molecule has 1 saturated heterocycles. The molecular weight excluding hydrogens is 370 g/mol. The van der Waals surface area contributed by atoms with Gasteiger partial charge in [0.05, 0.1) is 18.7 Å². The van der Waals surface area contributed by atoms with Crippen LogP contribution in [-0.4, -0.2) is 52.5 Å². The fraction of sp³-hybridized carbons (Fsp3) is 0.222. The van der Waals surface area contributed by atoms with Crippen molar-refractivity contribution in [1.29, 1.82) is 0 Å². The van der Waals surface area contributed by atoms with Crippen LogP contribution in [0.4, 0.5) is 16.3 Å². The number of carboxylic acid groups (broad SMARTS) is 1. The number of pyridine rings is 1. The number of carbonyl (C=O) groups is 1. The molecule has 1 fully saturated rings. The van der Waals surface area contributed by atoms with E-state index < -0.39 is 6.09 Å². The number of amides is 1. The number of fused-ring (bicyclic) bond motifs is 1. The van der Waals surface area contributed by atoms with Gasteiger partial charge >= 0.3 is 6.09 Å². The van der Waals surface area contributed by atoms with E-state index in [0.717, 1.165) is 24.2 Å². The summed E-state index contributed by atoms with van der Waals surface area (Å²) in [5, 5.41) is 11.4. The Hall–Kier alpha value is -2.97. The maximum Gasteiger partial charge on any atom is 0.409 e. The van der Waals surface area contributed by atoms with Gasteiger partial charge in [0.1, 0.15) is 5.52 Å². The lowest BCUT2D eigenvalue weighted by Crippen LogP contribution is -2.37. The van der Waals surface area contributed by atoms with Gasteiger partial charge in [-0.1, -0.05) is 12.1 Å². The van der Waals surface area contributed by atoms with E-state index in [9.17, 15) is 4.79 Å². The number of morpholine rings is 1. The molecule has 27 heavy (non-hydrogen) atoms. The minimum Gasteiger partial charge on any atom is -0.465 e. The lowest BCUT2D eigenvalue weighted by atomic mass is 10.1. The van der Waals surface area contributed by atoms with E-state index in [1.54, 1.807) is 24.4 Å². The Balaban J connectivity index is 1.75. The fourth-order valence-corrected chi connectivity index (χ4v) is 3.20. The molecule has 8 nitrogen and oxygen atoms in total. The number of benzene rings is 1. The number of halogens is 1. The van der Waals surface area contributed by atoms with Crippen molar-refractivity contribution in [2.24, 2.45) is 0 Å². The zero-order chi connectivity index (χ0) is 18.8. The number of anilines is 2. The van der Waals surface area contributed by atoms with Crippen molar-refractivity contribution < 1.29 is 14.6 Å². The summed E-state index contributed by atoms with van der Waals surface area (Å²) < 4.78 is 5.39. The Kier molecular flexibility index (Phi) is 4.74. The van der Waals surface area contributed by atoms with E-state index in [-0.39, 0.29) is 5.28 Å². The monoisotopic (exact) mass is 385 g/mol. The van der Waals surface area contributed by atoms with Crippen molar-refractivity contribution in [1.82, 2.24) is 15.0 Å². The summed E-state index contributed by atoms with van der Waals surface area (Å²) in [5.74, 6) is 0.696. The zero-order valence-corrected chi connectivity index (χ0v) is 15.0. The standard InChI is InChI=1S/C18H16ClN5O3/c19-17-22-14-9-12(11-2-1-3-13(8-11)21-18(25)26)10-20-15(14)16(23-17)24-4-6-27-7-5-24/h1-3,8-10,21H,4-7H2,(H,25,26). The third-order valence-electron chi connectivity index (χ3n) is 4.25. The van der Waals surface area contributed by atoms with Gasteiger partial charge in [0.25, 0.3) is 0 Å². The highest BCUT2D eigenvalue weighted by atomic mass is 35.5. The normalized spacial score (nSPS) is 14.3. The van der Waals surface area contributed by atoms with E-state index in [2.05, 4.69) is 25.2 Å². The SMILES string of the molecule is O=C(O)Nc1cccc(-c2cnc3c(N4CCOCC4)nc(Cl)nc3c2)c1. The molecule has 3 aromatic rings. The second-order valence-corrected chi connectivity index (χ2v) is 6.36. The topological polar surface area (TPSA) is 100 Å². The van der Waals surface area contributed by atoms with Crippen LogP contribution in [0, 0.1) is 0 Å². The third-order valence-corrected chi connectivity index (χ3v) is 4.42. The third kappa shape index (κ3) is 3.76. The highest BCUT2D eigenvalue weighted by Crippen LogP contribution is 2.29. The molecule has 4 rings (SSSR count). The summed E-state index contributed by atoms with van der Waals surface area (Å²) in [7, 11) is 0. The summed E-state index contributed by atoms with van der Waals surface area (Å²) in [6, 6.07) is 8.95. The Morgan fingerprint density at radius 1 is 1.19 bits per heavy atom. The summed E-state index contributed by atoms with van der Waals surface area (Å²) in [6.07, 6.45) is 0.613. The molecule has 1 amide bonds. The average Bonchev–Trinajstić information content (AvgIpc) is 2.67. The molecule has 9 heteroatoms. The number of aromatic nitrogens is 3. The second kappa shape index (κ2) is 7.34. The Morgan fingerprint density at radius 3 is 2.78 bits per heavy atom. The predicted molar refractivity (Wildman–Crippen MR) is 102 cm³/mol. The van der Waals surface area contributed by atoms with Crippen LogP contribution in [0.2, 0.25) is 5.28 Å². The summed E-state index contributed by atoms with van der Waals surface area (Å²) >= 11 is 6.14. The van der Waals surface area contributed by atoms with Crippen molar-refractivity contribution in [2.75, 3.05) is 36.5 Å². The molecule has 0 bridgehead atoms. The van der Waals surface area contributed by atoms with Gasteiger partial charge in [-0.05, 0) is 35.4 Å². The van der Waals surface area contributed by atoms with E-state index in [1.165, 1.54) is 0 Å². The molecule has 138 valence electrons. The van der Waals surface area contributed by atoms with Crippen LogP contribution in [-0.2, 0) is 4.74 Å². The zero-order valence-electron chi connectivity index (χ0n) is 14.2. The molecule has 0 spiro atoms. The van der Waals surface area contributed by atoms with Gasteiger partial charge < -0.3 is 14.7 Å². The Morgan fingerprint density at radius 2 is 2.00 bits per heavy atom. The molecule has 1 aliphatic heterocycles. The summed E-state index contributed by atoms with van der Waals surface area (Å²) in [4.78, 5) is 26.2. The predicted octanol–water partition coefficient (Wildman–Crippen LogP) is 3.27. The number of hydrogen-bond acceptors (Lipinski definition) is 6. The summed E-state index contributed by atoms with van der Waals surface area (Å²) in [6.45, 7) is 2.69. The molecule has 0 saturated carbocycles. The van der Waals surface area contributed by atoms with Crippen LogP contribution in [0.5, 0.6) is 0 Å². The second-order valence-electron chi connectivity index (χ2n) is 6.02. The quantitative estimate of drug-likeness (QED) is 0.667. The van der Waals surface area contributed by atoms with Crippen LogP contribution >= 0.6 is 11.6 Å². The number of hydrogen-bond donors (Lipinski definition) is 2. The largest absolute Gasteiger partial charge is 0.465 e. The molecule has 0 atom stereocenters. The first-order valence-corrected chi connectivity index (χ1v) is 8.74. The number of ether oxygens (including phenoxy) is 1. The smallest absolute Gasteiger partial charge is 0.409 e. The van der Waals surface area contributed by atoms with Gasteiger partial charge in [0.2, 0.25) is 5.28 Å². The highest BCUT2D eigenvalue weighted by Gasteiger charge is 2.18. The molecule has 2 N–H and O–H groups in total. The maximum absolute atomic E-state index is 10.8. The Bertz CT molecular complexity index is 1010. The van der Waals surface area contributed by atoms with Gasteiger partial charge in [-0.2, -0.15) is 4.98 Å². The minimum absolute atomic E-state index is 0.157. The lowest BCUT2D eigenvalue weighted by molar-refractivity contribution is 0.122. The van der Waals surface area contributed by atoms with Crippen molar-refractivity contribution >= 4 is 40.2 Å². The molecule has 3 heterocycles. The highest BCUT2D eigenvalue weighted by molar-refractivity contribution is 6.28. The van der Waals surface area contributed by atoms with Crippen LogP contribution in [0.3, 0.4) is 0 Å². The van der Waals surface area contributed by atoms with Gasteiger partial charge in [-0.3, -0.25) is 10.3 Å². The first kappa shape index (κ1) is 17.4. The van der Waals surface area contributed by atoms with Crippen molar-refractivity contribution in [3.63, 3.8) is 0 Å². The van der Waals surface area contributed by atoms with Crippen molar-refractivity contribution in [3.05, 3.63) is 41.8 Å². The molecule has 1 aliphatic rings. The number of nitrogens with one attached hydrogen (secondary N) is 1. The molecule has 2 aromatic heterocycles.